The molecule has 126 valence electrons. The number of benzene rings is 1. The van der Waals surface area contributed by atoms with Gasteiger partial charge in [-0.15, -0.1) is 0 Å². The number of hydrogen-bond acceptors (Lipinski definition) is 2. The summed E-state index contributed by atoms with van der Waals surface area (Å²) in [4.78, 5) is 23.6. The zero-order valence-electron chi connectivity index (χ0n) is 13.0. The van der Waals surface area contributed by atoms with E-state index in [2.05, 4.69) is 10.6 Å². The van der Waals surface area contributed by atoms with Gasteiger partial charge in [0.15, 0.2) is 0 Å². The zero-order chi connectivity index (χ0) is 16.7. The maximum Gasteiger partial charge on any atom is 0.223 e. The first-order valence-corrected chi connectivity index (χ1v) is 8.80. The SMILES string of the molecule is O=C(CCNC(=O)C1CCCC1)NCCc1ccc(Cl)cc1Cl. The van der Waals surface area contributed by atoms with Gasteiger partial charge in [0.05, 0.1) is 0 Å². The summed E-state index contributed by atoms with van der Waals surface area (Å²) in [5.74, 6) is 0.162. The minimum atomic E-state index is -0.0678. The number of amides is 2. The van der Waals surface area contributed by atoms with Crippen molar-refractivity contribution in [1.82, 2.24) is 10.6 Å². The molecule has 2 amide bonds. The van der Waals surface area contributed by atoms with E-state index in [4.69, 9.17) is 23.2 Å². The summed E-state index contributed by atoms with van der Waals surface area (Å²) < 4.78 is 0. The van der Waals surface area contributed by atoms with E-state index < -0.39 is 0 Å². The normalized spacial score (nSPS) is 14.7. The molecule has 0 heterocycles. The highest BCUT2D eigenvalue weighted by atomic mass is 35.5. The predicted molar refractivity (Wildman–Crippen MR) is 92.8 cm³/mol. The summed E-state index contributed by atoms with van der Waals surface area (Å²) in [5.41, 5.74) is 0.950. The standard InChI is InChI=1S/C17H22Cl2N2O2/c18-14-6-5-12(15(19)11-14)7-9-20-16(22)8-10-21-17(23)13-3-1-2-4-13/h5-6,11,13H,1-4,7-10H2,(H,20,22)(H,21,23). The summed E-state index contributed by atoms with van der Waals surface area (Å²) in [6, 6.07) is 5.33. The second-order valence-electron chi connectivity index (χ2n) is 5.86. The Hall–Kier alpha value is -1.26. The minimum Gasteiger partial charge on any atom is -0.356 e. The Bertz CT molecular complexity index is 558. The van der Waals surface area contributed by atoms with Gasteiger partial charge in [-0.1, -0.05) is 42.1 Å². The molecule has 1 aliphatic carbocycles. The molecule has 1 saturated carbocycles. The fourth-order valence-corrected chi connectivity index (χ4v) is 3.28. The van der Waals surface area contributed by atoms with Crippen LogP contribution < -0.4 is 10.6 Å². The van der Waals surface area contributed by atoms with E-state index in [0.717, 1.165) is 31.2 Å². The van der Waals surface area contributed by atoms with Crippen LogP contribution in [0, 0.1) is 5.92 Å². The van der Waals surface area contributed by atoms with Gasteiger partial charge in [0.1, 0.15) is 0 Å². The van der Waals surface area contributed by atoms with E-state index in [-0.39, 0.29) is 17.7 Å². The van der Waals surface area contributed by atoms with Gasteiger partial charge in [-0.2, -0.15) is 0 Å². The van der Waals surface area contributed by atoms with Crippen LogP contribution in [-0.2, 0) is 16.0 Å². The van der Waals surface area contributed by atoms with E-state index in [1.54, 1.807) is 12.1 Å². The monoisotopic (exact) mass is 356 g/mol. The Labute approximate surface area is 146 Å². The quantitative estimate of drug-likeness (QED) is 0.786. The molecule has 0 bridgehead atoms. The van der Waals surface area contributed by atoms with E-state index in [1.165, 1.54) is 0 Å². The van der Waals surface area contributed by atoms with Gasteiger partial charge in [0, 0.05) is 35.5 Å². The van der Waals surface area contributed by atoms with Crippen LogP contribution >= 0.6 is 23.2 Å². The van der Waals surface area contributed by atoms with Crippen LogP contribution in [-0.4, -0.2) is 24.9 Å². The first-order chi connectivity index (χ1) is 11.1. The molecule has 0 aromatic heterocycles. The highest BCUT2D eigenvalue weighted by Gasteiger charge is 2.22. The number of hydrogen-bond donors (Lipinski definition) is 2. The Morgan fingerprint density at radius 3 is 2.52 bits per heavy atom. The molecule has 1 fully saturated rings. The Morgan fingerprint density at radius 2 is 1.83 bits per heavy atom. The molecular weight excluding hydrogens is 335 g/mol. The van der Waals surface area contributed by atoms with Crippen LogP contribution in [0.4, 0.5) is 0 Å². The van der Waals surface area contributed by atoms with Crippen LogP contribution in [0.3, 0.4) is 0 Å². The summed E-state index contributed by atoms with van der Waals surface area (Å²) in [6.07, 6.45) is 5.15. The highest BCUT2D eigenvalue weighted by Crippen LogP contribution is 2.24. The lowest BCUT2D eigenvalue weighted by Crippen LogP contribution is -2.34. The van der Waals surface area contributed by atoms with E-state index >= 15 is 0 Å². The number of carbonyl (C=O) groups is 2. The predicted octanol–water partition coefficient (Wildman–Crippen LogP) is 3.35. The molecular formula is C17H22Cl2N2O2. The van der Waals surface area contributed by atoms with Gasteiger partial charge in [-0.05, 0) is 37.0 Å². The molecule has 0 unspecified atom stereocenters. The third kappa shape index (κ3) is 6.04. The van der Waals surface area contributed by atoms with Gasteiger partial charge in [0.25, 0.3) is 0 Å². The second-order valence-corrected chi connectivity index (χ2v) is 6.70. The van der Waals surface area contributed by atoms with Crippen LogP contribution in [0.1, 0.15) is 37.7 Å². The van der Waals surface area contributed by atoms with Gasteiger partial charge in [-0.3, -0.25) is 9.59 Å². The summed E-state index contributed by atoms with van der Waals surface area (Å²) >= 11 is 11.9. The second kappa shape index (κ2) is 9.14. The van der Waals surface area contributed by atoms with Gasteiger partial charge < -0.3 is 10.6 Å². The third-order valence-corrected chi connectivity index (χ3v) is 4.70. The first-order valence-electron chi connectivity index (χ1n) is 8.04. The molecule has 1 aliphatic rings. The van der Waals surface area contributed by atoms with Crippen LogP contribution in [0.15, 0.2) is 18.2 Å². The third-order valence-electron chi connectivity index (χ3n) is 4.11. The molecule has 1 aromatic rings. The lowest BCUT2D eigenvalue weighted by atomic mass is 10.1. The molecule has 0 atom stereocenters. The maximum atomic E-state index is 11.8. The summed E-state index contributed by atoms with van der Waals surface area (Å²) in [6.45, 7) is 0.902. The van der Waals surface area contributed by atoms with Crippen molar-refractivity contribution in [2.24, 2.45) is 5.92 Å². The van der Waals surface area contributed by atoms with Crippen molar-refractivity contribution in [2.45, 2.75) is 38.5 Å². The number of carbonyl (C=O) groups excluding carboxylic acids is 2. The first kappa shape index (κ1) is 18.1. The molecule has 0 aliphatic heterocycles. The summed E-state index contributed by atoms with van der Waals surface area (Å²) in [5, 5.41) is 6.88. The fourth-order valence-electron chi connectivity index (χ4n) is 2.78. The van der Waals surface area contributed by atoms with Crippen LogP contribution in [0.5, 0.6) is 0 Å². The average Bonchev–Trinajstić information content (AvgIpc) is 3.04. The van der Waals surface area contributed by atoms with Crippen molar-refractivity contribution in [2.75, 3.05) is 13.1 Å². The number of halogens is 2. The zero-order valence-corrected chi connectivity index (χ0v) is 14.6. The van der Waals surface area contributed by atoms with Crippen molar-refractivity contribution in [3.63, 3.8) is 0 Å². The Balaban J connectivity index is 1.60. The van der Waals surface area contributed by atoms with Gasteiger partial charge >= 0.3 is 0 Å². The minimum absolute atomic E-state index is 0.0678. The van der Waals surface area contributed by atoms with Crippen molar-refractivity contribution >= 4 is 35.0 Å². The Morgan fingerprint density at radius 1 is 1.09 bits per heavy atom. The molecule has 0 saturated heterocycles. The smallest absolute Gasteiger partial charge is 0.223 e. The lowest BCUT2D eigenvalue weighted by molar-refractivity contribution is -0.125. The van der Waals surface area contributed by atoms with E-state index in [0.29, 0.717) is 36.0 Å². The van der Waals surface area contributed by atoms with Crippen molar-refractivity contribution < 1.29 is 9.59 Å². The maximum absolute atomic E-state index is 11.8. The number of nitrogens with one attached hydrogen (secondary N) is 2. The molecule has 4 nitrogen and oxygen atoms in total. The Kier molecular flexibility index (Phi) is 7.18. The van der Waals surface area contributed by atoms with Crippen molar-refractivity contribution in [3.05, 3.63) is 33.8 Å². The highest BCUT2D eigenvalue weighted by molar-refractivity contribution is 6.35. The number of rotatable bonds is 7. The van der Waals surface area contributed by atoms with E-state index in [1.807, 2.05) is 6.07 Å². The van der Waals surface area contributed by atoms with Gasteiger partial charge in [0.2, 0.25) is 11.8 Å². The molecule has 0 radical (unpaired) electrons. The molecule has 6 heteroatoms. The lowest BCUT2D eigenvalue weighted by Gasteiger charge is -2.10. The molecule has 2 rings (SSSR count). The van der Waals surface area contributed by atoms with E-state index in [9.17, 15) is 9.59 Å². The largest absolute Gasteiger partial charge is 0.356 e. The molecule has 23 heavy (non-hydrogen) atoms. The van der Waals surface area contributed by atoms with Crippen LogP contribution in [0.2, 0.25) is 10.0 Å². The average molecular weight is 357 g/mol. The topological polar surface area (TPSA) is 58.2 Å². The van der Waals surface area contributed by atoms with Crippen molar-refractivity contribution in [1.29, 1.82) is 0 Å². The molecule has 0 spiro atoms. The van der Waals surface area contributed by atoms with Crippen LogP contribution in [0.25, 0.3) is 0 Å². The molecule has 2 N–H and O–H groups in total. The molecule has 1 aromatic carbocycles. The van der Waals surface area contributed by atoms with Gasteiger partial charge in [-0.25, -0.2) is 0 Å². The fraction of sp³-hybridized carbons (Fsp3) is 0.529. The van der Waals surface area contributed by atoms with Crippen molar-refractivity contribution in [3.8, 4) is 0 Å². The summed E-state index contributed by atoms with van der Waals surface area (Å²) in [7, 11) is 0.